The minimum atomic E-state index is -3.73. The fraction of sp³-hybridized carbons (Fsp3) is 0.235. The van der Waals surface area contributed by atoms with E-state index in [0.717, 1.165) is 11.1 Å². The second-order valence-electron chi connectivity index (χ2n) is 5.46. The molecule has 1 amide bonds. The Labute approximate surface area is 136 Å². The van der Waals surface area contributed by atoms with Crippen LogP contribution in [-0.2, 0) is 14.8 Å². The second kappa shape index (κ2) is 6.93. The van der Waals surface area contributed by atoms with Crippen LogP contribution >= 0.6 is 0 Å². The van der Waals surface area contributed by atoms with E-state index in [2.05, 4.69) is 10.0 Å². The van der Waals surface area contributed by atoms with E-state index in [4.69, 9.17) is 0 Å². The smallest absolute Gasteiger partial charge is 0.242 e. The molecule has 0 saturated carbocycles. The molecule has 0 aliphatic heterocycles. The average molecular weight is 332 g/mol. The number of hydrogen-bond donors (Lipinski definition) is 2. The molecule has 0 unspecified atom stereocenters. The molecule has 122 valence electrons. The van der Waals surface area contributed by atoms with Crippen LogP contribution in [0.3, 0.4) is 0 Å². The first kappa shape index (κ1) is 17.2. The summed E-state index contributed by atoms with van der Waals surface area (Å²) in [6.07, 6.45) is 0. The zero-order valence-corrected chi connectivity index (χ0v) is 14.1. The summed E-state index contributed by atoms with van der Waals surface area (Å²) in [7, 11) is -3.73. The highest BCUT2D eigenvalue weighted by Crippen LogP contribution is 2.17. The van der Waals surface area contributed by atoms with Crippen molar-refractivity contribution in [3.63, 3.8) is 0 Å². The number of hydrogen-bond acceptors (Lipinski definition) is 3. The first-order valence-corrected chi connectivity index (χ1v) is 8.73. The van der Waals surface area contributed by atoms with Gasteiger partial charge in [-0.15, -0.1) is 0 Å². The highest BCUT2D eigenvalue weighted by atomic mass is 32.2. The van der Waals surface area contributed by atoms with Crippen molar-refractivity contribution >= 4 is 21.6 Å². The molecule has 0 bridgehead atoms. The van der Waals surface area contributed by atoms with Crippen LogP contribution in [0.4, 0.5) is 5.69 Å². The molecule has 0 aliphatic carbocycles. The summed E-state index contributed by atoms with van der Waals surface area (Å²) in [6.45, 7) is 5.32. The maximum Gasteiger partial charge on any atom is 0.242 e. The van der Waals surface area contributed by atoms with E-state index in [9.17, 15) is 13.2 Å². The molecule has 0 fully saturated rings. The summed E-state index contributed by atoms with van der Waals surface area (Å²) in [5, 5.41) is 2.76. The first-order chi connectivity index (χ1) is 10.8. The van der Waals surface area contributed by atoms with Gasteiger partial charge in [0.2, 0.25) is 15.9 Å². The minimum absolute atomic E-state index is 0.131. The lowest BCUT2D eigenvalue weighted by Gasteiger charge is -2.16. The quantitative estimate of drug-likeness (QED) is 0.884. The van der Waals surface area contributed by atoms with Gasteiger partial charge in [-0.1, -0.05) is 30.3 Å². The highest BCUT2D eigenvalue weighted by Gasteiger charge is 2.22. The molecule has 5 nitrogen and oxygen atoms in total. The predicted molar refractivity (Wildman–Crippen MR) is 90.8 cm³/mol. The van der Waals surface area contributed by atoms with Gasteiger partial charge in [0.25, 0.3) is 0 Å². The SMILES string of the molecule is Cc1ccc(C)c(NC(=O)[C@H](C)NS(=O)(=O)c2ccccc2)c1. The molecule has 1 atom stereocenters. The van der Waals surface area contributed by atoms with Crippen molar-refractivity contribution in [1.29, 1.82) is 0 Å². The normalized spacial score (nSPS) is 12.7. The largest absolute Gasteiger partial charge is 0.324 e. The molecule has 23 heavy (non-hydrogen) atoms. The number of aryl methyl sites for hydroxylation is 2. The Bertz CT molecular complexity index is 802. The molecule has 0 saturated heterocycles. The monoisotopic (exact) mass is 332 g/mol. The van der Waals surface area contributed by atoms with Crippen LogP contribution in [-0.4, -0.2) is 20.4 Å². The Kier molecular flexibility index (Phi) is 5.18. The third kappa shape index (κ3) is 4.40. The Balaban J connectivity index is 2.10. The maximum absolute atomic E-state index is 12.2. The van der Waals surface area contributed by atoms with Gasteiger partial charge >= 0.3 is 0 Å². The predicted octanol–water partition coefficient (Wildman–Crippen LogP) is 2.61. The zero-order valence-electron chi connectivity index (χ0n) is 13.3. The molecule has 0 aliphatic rings. The summed E-state index contributed by atoms with van der Waals surface area (Å²) < 4.78 is 26.8. The van der Waals surface area contributed by atoms with E-state index in [1.54, 1.807) is 18.2 Å². The topological polar surface area (TPSA) is 75.3 Å². The van der Waals surface area contributed by atoms with Gasteiger partial charge in [0.15, 0.2) is 0 Å². The van der Waals surface area contributed by atoms with Crippen molar-refractivity contribution in [1.82, 2.24) is 4.72 Å². The minimum Gasteiger partial charge on any atom is -0.324 e. The van der Waals surface area contributed by atoms with Crippen molar-refractivity contribution in [3.05, 3.63) is 59.7 Å². The van der Waals surface area contributed by atoms with Gasteiger partial charge in [-0.25, -0.2) is 8.42 Å². The molecule has 6 heteroatoms. The van der Waals surface area contributed by atoms with Crippen LogP contribution in [0.1, 0.15) is 18.1 Å². The Morgan fingerprint density at radius 3 is 2.35 bits per heavy atom. The first-order valence-electron chi connectivity index (χ1n) is 7.25. The summed E-state index contributed by atoms with van der Waals surface area (Å²) in [5.74, 6) is -0.404. The van der Waals surface area contributed by atoms with Crippen molar-refractivity contribution in [2.75, 3.05) is 5.32 Å². The summed E-state index contributed by atoms with van der Waals surface area (Å²) in [6, 6.07) is 12.8. The maximum atomic E-state index is 12.2. The van der Waals surface area contributed by atoms with E-state index in [-0.39, 0.29) is 4.90 Å². The highest BCUT2D eigenvalue weighted by molar-refractivity contribution is 7.89. The van der Waals surface area contributed by atoms with Gasteiger partial charge in [0.05, 0.1) is 10.9 Å². The third-order valence-electron chi connectivity index (χ3n) is 3.43. The zero-order chi connectivity index (χ0) is 17.0. The van der Waals surface area contributed by atoms with Gasteiger partial charge in [-0.2, -0.15) is 4.72 Å². The van der Waals surface area contributed by atoms with Crippen LogP contribution in [0.25, 0.3) is 0 Å². The van der Waals surface area contributed by atoms with Gasteiger partial charge in [-0.05, 0) is 50.1 Å². The van der Waals surface area contributed by atoms with Gasteiger partial charge < -0.3 is 5.32 Å². The third-order valence-corrected chi connectivity index (χ3v) is 4.99. The van der Waals surface area contributed by atoms with Crippen LogP contribution in [0.2, 0.25) is 0 Å². The molecule has 0 heterocycles. The summed E-state index contributed by atoms with van der Waals surface area (Å²) in [5.41, 5.74) is 2.62. The number of carbonyl (C=O) groups excluding carboxylic acids is 1. The van der Waals surface area contributed by atoms with Crippen molar-refractivity contribution in [2.45, 2.75) is 31.7 Å². The average Bonchev–Trinajstić information content (AvgIpc) is 2.51. The molecule has 2 aromatic rings. The van der Waals surface area contributed by atoms with Gasteiger partial charge in [0.1, 0.15) is 0 Å². The molecule has 0 radical (unpaired) electrons. The standard InChI is InChI=1S/C17H20N2O3S/c1-12-9-10-13(2)16(11-12)18-17(20)14(3)19-23(21,22)15-7-5-4-6-8-15/h4-11,14,19H,1-3H3,(H,18,20)/t14-/m0/s1. The van der Waals surface area contributed by atoms with Crippen LogP contribution < -0.4 is 10.0 Å². The second-order valence-corrected chi connectivity index (χ2v) is 7.18. The van der Waals surface area contributed by atoms with Gasteiger partial charge in [-0.3, -0.25) is 4.79 Å². The Morgan fingerprint density at radius 1 is 1.04 bits per heavy atom. The number of amides is 1. The number of carbonyl (C=O) groups is 1. The summed E-state index contributed by atoms with van der Waals surface area (Å²) >= 11 is 0. The summed E-state index contributed by atoms with van der Waals surface area (Å²) in [4.78, 5) is 12.4. The van der Waals surface area contributed by atoms with E-state index in [1.165, 1.54) is 19.1 Å². The fourth-order valence-electron chi connectivity index (χ4n) is 2.07. The Hall–Kier alpha value is -2.18. The number of sulfonamides is 1. The van der Waals surface area contributed by atoms with Crippen molar-refractivity contribution < 1.29 is 13.2 Å². The fourth-order valence-corrected chi connectivity index (χ4v) is 3.29. The molecule has 0 spiro atoms. The van der Waals surface area contributed by atoms with E-state index >= 15 is 0 Å². The van der Waals surface area contributed by atoms with Crippen LogP contribution in [0, 0.1) is 13.8 Å². The van der Waals surface area contributed by atoms with Crippen molar-refractivity contribution in [3.8, 4) is 0 Å². The number of anilines is 1. The molecular weight excluding hydrogens is 312 g/mol. The van der Waals surface area contributed by atoms with E-state index in [0.29, 0.717) is 5.69 Å². The van der Waals surface area contributed by atoms with Crippen LogP contribution in [0.5, 0.6) is 0 Å². The number of nitrogens with one attached hydrogen (secondary N) is 2. The van der Waals surface area contributed by atoms with Crippen LogP contribution in [0.15, 0.2) is 53.4 Å². The van der Waals surface area contributed by atoms with E-state index in [1.807, 2.05) is 32.0 Å². The molecule has 2 rings (SSSR count). The molecule has 2 N–H and O–H groups in total. The lowest BCUT2D eigenvalue weighted by molar-refractivity contribution is -0.117. The number of benzene rings is 2. The van der Waals surface area contributed by atoms with E-state index < -0.39 is 22.0 Å². The van der Waals surface area contributed by atoms with Gasteiger partial charge in [0, 0.05) is 5.69 Å². The molecular formula is C17H20N2O3S. The lowest BCUT2D eigenvalue weighted by atomic mass is 10.1. The molecule has 2 aromatic carbocycles. The Morgan fingerprint density at radius 2 is 1.70 bits per heavy atom. The van der Waals surface area contributed by atoms with Crippen molar-refractivity contribution in [2.24, 2.45) is 0 Å². The number of rotatable bonds is 5. The molecule has 0 aromatic heterocycles. The lowest BCUT2D eigenvalue weighted by Crippen LogP contribution is -2.41.